The van der Waals surface area contributed by atoms with E-state index < -0.39 is 23.1 Å². The molecule has 0 amide bonds. The molecular weight excluding hydrogens is 362 g/mol. The van der Waals surface area contributed by atoms with Crippen molar-refractivity contribution in [2.24, 2.45) is 4.99 Å². The molecule has 0 unspecified atom stereocenters. The van der Waals surface area contributed by atoms with Crippen LogP contribution in [0.4, 0.5) is 5.69 Å². The fourth-order valence-electron chi connectivity index (χ4n) is 2.66. The molecular formula is C20H17N3O5. The second-order valence-corrected chi connectivity index (χ2v) is 6.18. The Balaban J connectivity index is 2.16. The number of aliphatic imine (C=N–C) groups is 1. The first-order chi connectivity index (χ1) is 13.3. The van der Waals surface area contributed by atoms with E-state index in [0.717, 1.165) is 21.9 Å². The van der Waals surface area contributed by atoms with Crippen LogP contribution in [-0.4, -0.2) is 31.9 Å². The van der Waals surface area contributed by atoms with Crippen molar-refractivity contribution in [1.82, 2.24) is 9.55 Å². The van der Waals surface area contributed by atoms with E-state index in [0.29, 0.717) is 5.69 Å². The number of carboxylic acid groups (broad SMARTS) is 1. The van der Waals surface area contributed by atoms with Crippen molar-refractivity contribution in [3.8, 4) is 11.6 Å². The summed E-state index contributed by atoms with van der Waals surface area (Å²) in [6, 6.07) is 11.1. The first kappa shape index (κ1) is 18.8. The van der Waals surface area contributed by atoms with Crippen LogP contribution in [0.2, 0.25) is 0 Å². The number of carbonyl (C=O) groups is 1. The van der Waals surface area contributed by atoms with Gasteiger partial charge in [0.1, 0.15) is 5.56 Å². The van der Waals surface area contributed by atoms with Crippen LogP contribution in [0.25, 0.3) is 5.69 Å². The van der Waals surface area contributed by atoms with E-state index in [1.165, 1.54) is 12.1 Å². The highest BCUT2D eigenvalue weighted by atomic mass is 16.4. The Hall–Kier alpha value is -3.94. The van der Waals surface area contributed by atoms with Gasteiger partial charge < -0.3 is 10.2 Å². The lowest BCUT2D eigenvalue weighted by Crippen LogP contribution is -2.31. The Labute approximate surface area is 159 Å². The SMILES string of the molecule is Cc1ccc(-n2c(O)c(C=Nc3ccccc3C(=O)O)c(=O)[nH]c2=O)cc1C. The van der Waals surface area contributed by atoms with E-state index in [1.54, 1.807) is 30.3 Å². The lowest BCUT2D eigenvalue weighted by Gasteiger charge is -2.11. The predicted octanol–water partition coefficient (Wildman–Crippen LogP) is 2.30. The Morgan fingerprint density at radius 1 is 1.11 bits per heavy atom. The van der Waals surface area contributed by atoms with Crippen LogP contribution in [0.1, 0.15) is 27.0 Å². The average molecular weight is 379 g/mol. The van der Waals surface area contributed by atoms with Gasteiger partial charge in [-0.2, -0.15) is 0 Å². The van der Waals surface area contributed by atoms with Crippen molar-refractivity contribution in [2.75, 3.05) is 0 Å². The molecule has 0 fully saturated rings. The molecule has 3 N–H and O–H groups in total. The lowest BCUT2D eigenvalue weighted by molar-refractivity contribution is 0.0698. The van der Waals surface area contributed by atoms with E-state index in [2.05, 4.69) is 9.98 Å². The number of aromatic amines is 1. The third kappa shape index (κ3) is 3.48. The van der Waals surface area contributed by atoms with Crippen molar-refractivity contribution < 1.29 is 15.0 Å². The van der Waals surface area contributed by atoms with Gasteiger partial charge in [0.15, 0.2) is 0 Å². The summed E-state index contributed by atoms with van der Waals surface area (Å²) in [6.45, 7) is 3.77. The van der Waals surface area contributed by atoms with Crippen LogP contribution in [0, 0.1) is 13.8 Å². The molecule has 3 rings (SSSR count). The van der Waals surface area contributed by atoms with E-state index in [-0.39, 0.29) is 16.8 Å². The van der Waals surface area contributed by atoms with E-state index >= 15 is 0 Å². The number of aromatic nitrogens is 2. The Bertz CT molecular complexity index is 1220. The maximum absolute atomic E-state index is 12.3. The van der Waals surface area contributed by atoms with Gasteiger partial charge in [-0.3, -0.25) is 14.8 Å². The molecule has 28 heavy (non-hydrogen) atoms. The predicted molar refractivity (Wildman–Crippen MR) is 104 cm³/mol. The standard InChI is InChI=1S/C20H17N3O5/c1-11-7-8-13(9-12(11)2)23-18(25)15(17(24)22-20(23)28)10-21-16-6-4-3-5-14(16)19(26)27/h3-10,25H,1-2H3,(H,26,27)(H,22,24,28). The zero-order valence-electron chi connectivity index (χ0n) is 15.1. The molecule has 0 saturated carbocycles. The van der Waals surface area contributed by atoms with Crippen LogP contribution in [0.3, 0.4) is 0 Å². The molecule has 8 nitrogen and oxygen atoms in total. The highest BCUT2D eigenvalue weighted by molar-refractivity contribution is 5.95. The Morgan fingerprint density at radius 2 is 1.82 bits per heavy atom. The van der Waals surface area contributed by atoms with Crippen molar-refractivity contribution in [2.45, 2.75) is 13.8 Å². The summed E-state index contributed by atoms with van der Waals surface area (Å²) in [6.07, 6.45) is 1.03. The minimum atomic E-state index is -1.18. The fraction of sp³-hybridized carbons (Fsp3) is 0.100. The lowest BCUT2D eigenvalue weighted by atomic mass is 10.1. The van der Waals surface area contributed by atoms with Gasteiger partial charge in [0.25, 0.3) is 5.56 Å². The first-order valence-corrected chi connectivity index (χ1v) is 8.32. The summed E-state index contributed by atoms with van der Waals surface area (Å²) in [5, 5.41) is 19.8. The molecule has 1 aromatic heterocycles. The van der Waals surface area contributed by atoms with Gasteiger partial charge in [0, 0.05) is 6.21 Å². The molecule has 0 saturated heterocycles. The topological polar surface area (TPSA) is 125 Å². The smallest absolute Gasteiger partial charge is 0.337 e. The maximum atomic E-state index is 12.3. The molecule has 0 spiro atoms. The third-order valence-electron chi connectivity index (χ3n) is 4.34. The van der Waals surface area contributed by atoms with Crippen LogP contribution in [0.15, 0.2) is 57.0 Å². The van der Waals surface area contributed by atoms with Gasteiger partial charge in [-0.1, -0.05) is 18.2 Å². The number of benzene rings is 2. The van der Waals surface area contributed by atoms with Gasteiger partial charge in [0.2, 0.25) is 5.88 Å². The van der Waals surface area contributed by atoms with Crippen molar-refractivity contribution in [1.29, 1.82) is 0 Å². The number of hydrogen-bond acceptors (Lipinski definition) is 5. The third-order valence-corrected chi connectivity index (χ3v) is 4.34. The normalized spacial score (nSPS) is 11.1. The molecule has 0 bridgehead atoms. The largest absolute Gasteiger partial charge is 0.493 e. The second kappa shape index (κ2) is 7.36. The van der Waals surface area contributed by atoms with Gasteiger partial charge in [-0.15, -0.1) is 0 Å². The highest BCUT2D eigenvalue weighted by Crippen LogP contribution is 2.21. The summed E-state index contributed by atoms with van der Waals surface area (Å²) in [4.78, 5) is 41.8. The summed E-state index contributed by atoms with van der Waals surface area (Å²) in [7, 11) is 0. The number of nitrogens with zero attached hydrogens (tertiary/aromatic N) is 2. The Morgan fingerprint density at radius 3 is 2.50 bits per heavy atom. The van der Waals surface area contributed by atoms with Gasteiger partial charge in [-0.05, 0) is 49.2 Å². The van der Waals surface area contributed by atoms with Gasteiger partial charge in [0.05, 0.1) is 16.9 Å². The molecule has 8 heteroatoms. The number of aromatic hydroxyl groups is 1. The summed E-state index contributed by atoms with van der Waals surface area (Å²) < 4.78 is 0.957. The fourth-order valence-corrected chi connectivity index (χ4v) is 2.66. The molecule has 0 aliphatic heterocycles. The first-order valence-electron chi connectivity index (χ1n) is 8.32. The molecule has 2 aromatic carbocycles. The molecule has 0 radical (unpaired) electrons. The second-order valence-electron chi connectivity index (χ2n) is 6.18. The average Bonchev–Trinajstić information content (AvgIpc) is 2.64. The molecule has 142 valence electrons. The summed E-state index contributed by atoms with van der Waals surface area (Å²) in [5.41, 5.74) is 0.441. The highest BCUT2D eigenvalue weighted by Gasteiger charge is 2.15. The van der Waals surface area contributed by atoms with E-state index in [1.807, 2.05) is 13.8 Å². The monoisotopic (exact) mass is 379 g/mol. The Kier molecular flexibility index (Phi) is 4.95. The number of hydrogen-bond donors (Lipinski definition) is 3. The van der Waals surface area contributed by atoms with Crippen LogP contribution in [-0.2, 0) is 0 Å². The summed E-state index contributed by atoms with van der Waals surface area (Å²) >= 11 is 0. The van der Waals surface area contributed by atoms with Gasteiger partial charge in [-0.25, -0.2) is 14.2 Å². The molecule has 3 aromatic rings. The molecule has 0 atom stereocenters. The minimum absolute atomic E-state index is 0.0582. The number of para-hydroxylation sites is 1. The number of nitrogens with one attached hydrogen (secondary N) is 1. The van der Waals surface area contributed by atoms with Crippen LogP contribution in [0.5, 0.6) is 5.88 Å². The number of aryl methyl sites for hydroxylation is 2. The van der Waals surface area contributed by atoms with Crippen LogP contribution >= 0.6 is 0 Å². The zero-order chi connectivity index (χ0) is 20.4. The van der Waals surface area contributed by atoms with Crippen molar-refractivity contribution in [3.63, 3.8) is 0 Å². The summed E-state index contributed by atoms with van der Waals surface area (Å²) in [5.74, 6) is -1.76. The molecule has 0 aliphatic rings. The number of carboxylic acids is 1. The van der Waals surface area contributed by atoms with Crippen molar-refractivity contribution >= 4 is 17.9 Å². The van der Waals surface area contributed by atoms with Gasteiger partial charge >= 0.3 is 11.7 Å². The molecule has 1 heterocycles. The quantitative estimate of drug-likeness (QED) is 0.600. The zero-order valence-corrected chi connectivity index (χ0v) is 15.1. The maximum Gasteiger partial charge on any atom is 0.337 e. The minimum Gasteiger partial charge on any atom is -0.493 e. The number of aromatic carboxylic acids is 1. The van der Waals surface area contributed by atoms with E-state index in [4.69, 9.17) is 0 Å². The van der Waals surface area contributed by atoms with Crippen LogP contribution < -0.4 is 11.2 Å². The van der Waals surface area contributed by atoms with Crippen molar-refractivity contribution in [3.05, 3.63) is 85.6 Å². The van der Waals surface area contributed by atoms with E-state index in [9.17, 15) is 24.6 Å². The number of H-pyrrole nitrogens is 1. The molecule has 0 aliphatic carbocycles. The number of rotatable bonds is 4.